The summed E-state index contributed by atoms with van der Waals surface area (Å²) in [6.45, 7) is 4.02. The van der Waals surface area contributed by atoms with Crippen molar-refractivity contribution in [2.24, 2.45) is 0 Å². The van der Waals surface area contributed by atoms with Crippen LogP contribution in [0.4, 0.5) is 4.39 Å². The number of esters is 1. The van der Waals surface area contributed by atoms with Crippen molar-refractivity contribution in [2.75, 3.05) is 12.4 Å². The molecule has 0 heterocycles. The van der Waals surface area contributed by atoms with Crippen LogP contribution in [0.1, 0.15) is 26.7 Å². The molecule has 1 N–H and O–H groups in total. The van der Waals surface area contributed by atoms with E-state index in [2.05, 4.69) is 5.32 Å². The van der Waals surface area contributed by atoms with Gasteiger partial charge in [0.25, 0.3) is 0 Å². The highest BCUT2D eigenvalue weighted by Crippen LogP contribution is 2.28. The molecule has 3 nitrogen and oxygen atoms in total. The largest absolute Gasteiger partial charge is 0.465 e. The molecule has 1 aromatic rings. The van der Waals surface area contributed by atoms with E-state index >= 15 is 0 Å². The highest BCUT2D eigenvalue weighted by atomic mass is 32.2. The number of ether oxygens (including phenoxy) is 1. The van der Waals surface area contributed by atoms with Crippen molar-refractivity contribution in [3.8, 4) is 0 Å². The first-order valence-electron chi connectivity index (χ1n) is 6.87. The van der Waals surface area contributed by atoms with Crippen molar-refractivity contribution in [2.45, 2.75) is 43.2 Å². The monoisotopic (exact) mass is 297 g/mol. The van der Waals surface area contributed by atoms with E-state index in [1.54, 1.807) is 13.0 Å². The molecule has 1 fully saturated rings. The fraction of sp³-hybridized carbons (Fsp3) is 0.533. The summed E-state index contributed by atoms with van der Waals surface area (Å²) in [5.41, 5.74) is -0.728. The summed E-state index contributed by atoms with van der Waals surface area (Å²) in [6, 6.07) is 6.81. The molecule has 0 radical (unpaired) electrons. The zero-order valence-corrected chi connectivity index (χ0v) is 12.6. The molecule has 5 heteroatoms. The summed E-state index contributed by atoms with van der Waals surface area (Å²) in [6.07, 6.45) is 2.19. The summed E-state index contributed by atoms with van der Waals surface area (Å²) < 4.78 is 18.3. The molecule has 1 aliphatic rings. The summed E-state index contributed by atoms with van der Waals surface area (Å²) in [7, 11) is 0. The quantitative estimate of drug-likeness (QED) is 0.620. The molecule has 20 heavy (non-hydrogen) atoms. The number of halogens is 1. The van der Waals surface area contributed by atoms with Gasteiger partial charge >= 0.3 is 5.97 Å². The van der Waals surface area contributed by atoms with Gasteiger partial charge in [-0.1, -0.05) is 6.07 Å². The zero-order valence-electron chi connectivity index (χ0n) is 11.8. The van der Waals surface area contributed by atoms with Crippen molar-refractivity contribution >= 4 is 17.7 Å². The van der Waals surface area contributed by atoms with Crippen LogP contribution >= 0.6 is 11.8 Å². The highest BCUT2D eigenvalue weighted by molar-refractivity contribution is 7.99. The van der Waals surface area contributed by atoms with E-state index in [1.165, 1.54) is 23.9 Å². The maximum absolute atomic E-state index is 13.2. The second kappa shape index (κ2) is 6.59. The van der Waals surface area contributed by atoms with Gasteiger partial charge in [0.2, 0.25) is 0 Å². The Morgan fingerprint density at radius 2 is 2.30 bits per heavy atom. The van der Waals surface area contributed by atoms with Crippen molar-refractivity contribution in [1.29, 1.82) is 0 Å². The third kappa shape index (κ3) is 4.21. The minimum absolute atomic E-state index is 0.240. The van der Waals surface area contributed by atoms with Gasteiger partial charge in [0.15, 0.2) is 0 Å². The molecule has 1 aromatic carbocycles. The second-order valence-corrected chi connectivity index (χ2v) is 6.27. The lowest BCUT2D eigenvalue weighted by molar-refractivity contribution is -0.149. The zero-order chi connectivity index (χ0) is 14.6. The summed E-state index contributed by atoms with van der Waals surface area (Å²) in [4.78, 5) is 13.0. The fourth-order valence-electron chi connectivity index (χ4n) is 1.91. The second-order valence-electron chi connectivity index (χ2n) is 5.22. The molecule has 110 valence electrons. The molecule has 0 aliphatic heterocycles. The topological polar surface area (TPSA) is 38.3 Å². The Labute approximate surface area is 123 Å². The van der Waals surface area contributed by atoms with Gasteiger partial charge in [-0.3, -0.25) is 10.1 Å². The molecule has 1 atom stereocenters. The lowest BCUT2D eigenvalue weighted by atomic mass is 10.1. The normalized spacial score (nSPS) is 17.6. The number of benzene rings is 1. The molecule has 2 rings (SSSR count). The van der Waals surface area contributed by atoms with Gasteiger partial charge < -0.3 is 4.74 Å². The maximum atomic E-state index is 13.2. The smallest absolute Gasteiger partial charge is 0.326 e. The van der Waals surface area contributed by atoms with E-state index in [0.29, 0.717) is 18.4 Å². The highest BCUT2D eigenvalue weighted by Gasteiger charge is 2.39. The first-order valence-corrected chi connectivity index (χ1v) is 7.85. The maximum Gasteiger partial charge on any atom is 0.326 e. The molecular weight excluding hydrogens is 277 g/mol. The van der Waals surface area contributed by atoms with Crippen LogP contribution in [0.5, 0.6) is 0 Å². The average Bonchev–Trinajstić information content (AvgIpc) is 3.21. The number of carbonyl (C=O) groups excluding carboxylic acids is 1. The number of hydrogen-bond acceptors (Lipinski definition) is 4. The van der Waals surface area contributed by atoms with Gasteiger partial charge in [-0.2, -0.15) is 0 Å². The van der Waals surface area contributed by atoms with E-state index in [9.17, 15) is 9.18 Å². The Bertz CT molecular complexity index is 479. The molecule has 1 saturated carbocycles. The standard InChI is InChI=1S/C15H20FNO2S/c1-3-19-14(18)15(2,17-12-7-8-12)10-20-13-6-4-5-11(16)9-13/h4-6,9,12,17H,3,7-8,10H2,1-2H3. The first-order chi connectivity index (χ1) is 9.53. The van der Waals surface area contributed by atoms with Crippen LogP contribution in [0, 0.1) is 5.82 Å². The number of carbonyl (C=O) groups is 1. The van der Waals surface area contributed by atoms with E-state index < -0.39 is 5.54 Å². The number of thioether (sulfide) groups is 1. The van der Waals surface area contributed by atoms with Crippen LogP contribution in [0.15, 0.2) is 29.2 Å². The van der Waals surface area contributed by atoms with Crippen LogP contribution < -0.4 is 5.32 Å². The predicted molar refractivity (Wildman–Crippen MR) is 78.3 cm³/mol. The molecule has 0 spiro atoms. The third-order valence-corrected chi connectivity index (χ3v) is 4.46. The van der Waals surface area contributed by atoms with Gasteiger partial charge in [-0.05, 0) is 44.9 Å². The van der Waals surface area contributed by atoms with Crippen molar-refractivity contribution in [3.05, 3.63) is 30.1 Å². The van der Waals surface area contributed by atoms with Crippen molar-refractivity contribution in [3.63, 3.8) is 0 Å². The Morgan fingerprint density at radius 3 is 2.90 bits per heavy atom. The lowest BCUT2D eigenvalue weighted by Gasteiger charge is -2.28. The van der Waals surface area contributed by atoms with Crippen molar-refractivity contribution in [1.82, 2.24) is 5.32 Å². The number of hydrogen-bond donors (Lipinski definition) is 1. The molecule has 1 unspecified atom stereocenters. The van der Waals surface area contributed by atoms with Gasteiger partial charge in [0, 0.05) is 16.7 Å². The lowest BCUT2D eigenvalue weighted by Crippen LogP contribution is -2.53. The van der Waals surface area contributed by atoms with Gasteiger partial charge in [-0.25, -0.2) is 4.39 Å². The van der Waals surface area contributed by atoms with E-state index in [-0.39, 0.29) is 11.8 Å². The van der Waals surface area contributed by atoms with Crippen molar-refractivity contribution < 1.29 is 13.9 Å². The Balaban J connectivity index is 2.01. The number of nitrogens with one attached hydrogen (secondary N) is 1. The predicted octanol–water partition coefficient (Wildman–Crippen LogP) is 2.99. The Hall–Kier alpha value is -1.07. The molecule has 0 amide bonds. The summed E-state index contributed by atoms with van der Waals surface area (Å²) >= 11 is 1.46. The van der Waals surface area contributed by atoms with E-state index in [1.807, 2.05) is 13.0 Å². The molecule has 0 aromatic heterocycles. The van der Waals surface area contributed by atoms with E-state index in [0.717, 1.165) is 17.7 Å². The van der Waals surface area contributed by atoms with Crippen LogP contribution in [-0.4, -0.2) is 29.9 Å². The van der Waals surface area contributed by atoms with E-state index in [4.69, 9.17) is 4.74 Å². The van der Waals surface area contributed by atoms with Crippen LogP contribution in [0.2, 0.25) is 0 Å². The van der Waals surface area contributed by atoms with Gasteiger partial charge in [0.1, 0.15) is 11.4 Å². The van der Waals surface area contributed by atoms with Gasteiger partial charge in [0.05, 0.1) is 6.61 Å². The summed E-state index contributed by atoms with van der Waals surface area (Å²) in [5, 5.41) is 3.35. The first kappa shape index (κ1) is 15.3. The van der Waals surface area contributed by atoms with Crippen LogP contribution in [0.3, 0.4) is 0 Å². The molecule has 1 aliphatic carbocycles. The summed E-state index contributed by atoms with van der Waals surface area (Å²) in [5.74, 6) is 0.0185. The van der Waals surface area contributed by atoms with Crippen LogP contribution in [-0.2, 0) is 9.53 Å². The molecular formula is C15H20FNO2S. The Kier molecular flexibility index (Phi) is 5.05. The third-order valence-electron chi connectivity index (χ3n) is 3.15. The SMILES string of the molecule is CCOC(=O)C(C)(CSc1cccc(F)c1)NC1CC1. The minimum atomic E-state index is -0.728. The molecule has 0 saturated heterocycles. The number of rotatable bonds is 7. The molecule has 0 bridgehead atoms. The average molecular weight is 297 g/mol. The fourth-order valence-corrected chi connectivity index (χ4v) is 2.94. The van der Waals surface area contributed by atoms with Gasteiger partial charge in [-0.15, -0.1) is 11.8 Å². The Morgan fingerprint density at radius 1 is 1.55 bits per heavy atom. The minimum Gasteiger partial charge on any atom is -0.465 e. The van der Waals surface area contributed by atoms with Crippen LogP contribution in [0.25, 0.3) is 0 Å².